The number of ether oxygens (including phenoxy) is 1. The van der Waals surface area contributed by atoms with Crippen LogP contribution >= 0.6 is 34.5 Å². The first-order valence-corrected chi connectivity index (χ1v) is 11.2. The molecule has 5 rings (SSSR count). The Hall–Kier alpha value is -2.58. The van der Waals surface area contributed by atoms with Crippen molar-refractivity contribution in [3.63, 3.8) is 0 Å². The number of hydrogen-bond acceptors (Lipinski definition) is 6. The average molecular weight is 474 g/mol. The Balaban J connectivity index is 1.34. The molecular weight excluding hydrogens is 457 g/mol. The van der Waals surface area contributed by atoms with Crippen molar-refractivity contribution in [1.29, 1.82) is 0 Å². The summed E-state index contributed by atoms with van der Waals surface area (Å²) in [6.45, 7) is 3.19. The summed E-state index contributed by atoms with van der Waals surface area (Å²) >= 11 is 13.7. The van der Waals surface area contributed by atoms with Crippen LogP contribution in [-0.2, 0) is 4.74 Å². The molecule has 6 nitrogen and oxygen atoms in total. The van der Waals surface area contributed by atoms with E-state index < -0.39 is 0 Å². The van der Waals surface area contributed by atoms with Crippen molar-refractivity contribution >= 4 is 61.5 Å². The number of carbonyl (C=O) groups is 1. The minimum atomic E-state index is -0.378. The molecule has 1 amide bonds. The van der Waals surface area contributed by atoms with Gasteiger partial charge in [-0.1, -0.05) is 40.6 Å². The van der Waals surface area contributed by atoms with Crippen molar-refractivity contribution in [1.82, 2.24) is 4.98 Å². The third-order valence-electron chi connectivity index (χ3n) is 5.02. The van der Waals surface area contributed by atoms with E-state index in [4.69, 9.17) is 32.4 Å². The van der Waals surface area contributed by atoms with E-state index in [1.165, 1.54) is 11.3 Å². The van der Waals surface area contributed by atoms with Crippen LogP contribution in [0.1, 0.15) is 10.6 Å². The second kappa shape index (κ2) is 8.51. The molecule has 2 aromatic heterocycles. The van der Waals surface area contributed by atoms with Crippen molar-refractivity contribution in [3.8, 4) is 11.3 Å². The predicted octanol–water partition coefficient (Wildman–Crippen LogP) is 5.95. The van der Waals surface area contributed by atoms with Crippen molar-refractivity contribution < 1.29 is 13.9 Å². The number of halogens is 2. The molecule has 1 N–H and O–H groups in total. The monoisotopic (exact) mass is 473 g/mol. The maximum Gasteiger partial charge on any atom is 0.293 e. The number of amides is 1. The predicted molar refractivity (Wildman–Crippen MR) is 125 cm³/mol. The van der Waals surface area contributed by atoms with Gasteiger partial charge in [0.05, 0.1) is 33.5 Å². The molecule has 0 atom stereocenters. The van der Waals surface area contributed by atoms with E-state index in [1.807, 2.05) is 12.1 Å². The van der Waals surface area contributed by atoms with Gasteiger partial charge in [-0.15, -0.1) is 0 Å². The zero-order valence-electron chi connectivity index (χ0n) is 16.2. The fourth-order valence-corrected chi connectivity index (χ4v) is 4.73. The minimum Gasteiger partial charge on any atom is -0.451 e. The number of rotatable bonds is 4. The van der Waals surface area contributed by atoms with Gasteiger partial charge in [0.2, 0.25) is 0 Å². The fraction of sp³-hybridized carbons (Fsp3) is 0.182. The summed E-state index contributed by atoms with van der Waals surface area (Å²) in [5, 5.41) is 4.14. The number of benzene rings is 2. The molecule has 0 unspecified atom stereocenters. The molecule has 0 spiro atoms. The van der Waals surface area contributed by atoms with Gasteiger partial charge in [-0.2, -0.15) is 0 Å². The van der Waals surface area contributed by atoms with E-state index in [0.717, 1.165) is 42.2 Å². The van der Waals surface area contributed by atoms with Crippen LogP contribution in [0.4, 0.5) is 10.8 Å². The smallest absolute Gasteiger partial charge is 0.293 e. The van der Waals surface area contributed by atoms with Gasteiger partial charge < -0.3 is 14.1 Å². The lowest BCUT2D eigenvalue weighted by Gasteiger charge is -2.28. The molecule has 9 heteroatoms. The van der Waals surface area contributed by atoms with Gasteiger partial charge in [-0.05, 0) is 42.5 Å². The van der Waals surface area contributed by atoms with E-state index in [1.54, 1.807) is 30.3 Å². The van der Waals surface area contributed by atoms with E-state index in [0.29, 0.717) is 26.5 Å². The highest BCUT2D eigenvalue weighted by Crippen LogP contribution is 2.35. The first kappa shape index (κ1) is 20.3. The first-order valence-electron chi connectivity index (χ1n) is 9.67. The molecule has 31 heavy (non-hydrogen) atoms. The molecule has 1 saturated heterocycles. The summed E-state index contributed by atoms with van der Waals surface area (Å²) in [7, 11) is 0. The average Bonchev–Trinajstić information content (AvgIpc) is 3.42. The lowest BCUT2D eigenvalue weighted by Crippen LogP contribution is -2.36. The van der Waals surface area contributed by atoms with Gasteiger partial charge >= 0.3 is 0 Å². The number of anilines is 2. The normalized spacial score (nSPS) is 14.2. The second-order valence-corrected chi connectivity index (χ2v) is 8.81. The molecule has 0 saturated carbocycles. The third kappa shape index (κ3) is 4.14. The number of aromatic nitrogens is 1. The zero-order chi connectivity index (χ0) is 21.4. The highest BCUT2D eigenvalue weighted by Gasteiger charge is 2.17. The van der Waals surface area contributed by atoms with E-state index in [-0.39, 0.29) is 11.7 Å². The Bertz CT molecular complexity index is 1260. The number of furan rings is 1. The number of fused-ring (bicyclic) bond motifs is 1. The summed E-state index contributed by atoms with van der Waals surface area (Å²) < 4.78 is 12.1. The number of thiazole rings is 1. The minimum absolute atomic E-state index is 0.166. The molecule has 2 aromatic carbocycles. The topological polar surface area (TPSA) is 67.6 Å². The van der Waals surface area contributed by atoms with E-state index in [9.17, 15) is 4.79 Å². The van der Waals surface area contributed by atoms with Crippen LogP contribution in [-0.4, -0.2) is 37.2 Å². The van der Waals surface area contributed by atoms with Crippen LogP contribution in [0.25, 0.3) is 21.5 Å². The Labute approximate surface area is 192 Å². The molecular formula is C22H17Cl2N3O3S. The highest BCUT2D eigenvalue weighted by molar-refractivity contribution is 7.22. The number of nitrogens with zero attached hydrogens (tertiary/aromatic N) is 2. The number of hydrogen-bond donors (Lipinski definition) is 1. The maximum atomic E-state index is 12.7. The summed E-state index contributed by atoms with van der Waals surface area (Å²) in [6.07, 6.45) is 0. The molecule has 0 aliphatic carbocycles. The summed E-state index contributed by atoms with van der Waals surface area (Å²) in [5.74, 6) is 0.258. The van der Waals surface area contributed by atoms with Crippen molar-refractivity contribution in [2.75, 3.05) is 36.5 Å². The zero-order valence-corrected chi connectivity index (χ0v) is 18.6. The molecule has 3 heterocycles. The lowest BCUT2D eigenvalue weighted by atomic mass is 10.2. The standard InChI is InChI=1S/C22H17Cl2N3O3S/c23-15-3-1-2-14(20(15)24)17-6-7-18(30-17)21(28)26-22-25-16-5-4-13(12-19(16)31-22)27-8-10-29-11-9-27/h1-7,12H,8-11H2,(H,25,26,28). The van der Waals surface area contributed by atoms with E-state index in [2.05, 4.69) is 21.3 Å². The van der Waals surface area contributed by atoms with Crippen LogP contribution in [0.2, 0.25) is 10.0 Å². The Morgan fingerprint density at radius 1 is 1.10 bits per heavy atom. The van der Waals surface area contributed by atoms with Gasteiger partial charge in [0, 0.05) is 24.3 Å². The third-order valence-corrected chi connectivity index (χ3v) is 6.77. The number of morpholine rings is 1. The van der Waals surface area contributed by atoms with Crippen molar-refractivity contribution in [2.24, 2.45) is 0 Å². The maximum absolute atomic E-state index is 12.7. The van der Waals surface area contributed by atoms with Gasteiger partial charge in [-0.3, -0.25) is 10.1 Å². The summed E-state index contributed by atoms with van der Waals surface area (Å²) in [4.78, 5) is 19.5. The van der Waals surface area contributed by atoms with Gasteiger partial charge in [-0.25, -0.2) is 4.98 Å². The molecule has 1 fully saturated rings. The molecule has 0 radical (unpaired) electrons. The number of nitrogens with one attached hydrogen (secondary N) is 1. The molecule has 158 valence electrons. The van der Waals surface area contributed by atoms with Crippen LogP contribution in [0.5, 0.6) is 0 Å². The second-order valence-electron chi connectivity index (χ2n) is 6.99. The molecule has 1 aliphatic heterocycles. The fourth-order valence-electron chi connectivity index (χ4n) is 3.44. The largest absolute Gasteiger partial charge is 0.451 e. The van der Waals surface area contributed by atoms with Crippen LogP contribution in [0.15, 0.2) is 52.9 Å². The molecule has 0 bridgehead atoms. The molecule has 4 aromatic rings. The van der Waals surface area contributed by atoms with Gasteiger partial charge in [0.25, 0.3) is 5.91 Å². The van der Waals surface area contributed by atoms with Crippen LogP contribution in [0, 0.1) is 0 Å². The quantitative estimate of drug-likeness (QED) is 0.396. The van der Waals surface area contributed by atoms with Crippen LogP contribution < -0.4 is 10.2 Å². The van der Waals surface area contributed by atoms with E-state index >= 15 is 0 Å². The Morgan fingerprint density at radius 2 is 1.94 bits per heavy atom. The van der Waals surface area contributed by atoms with Crippen LogP contribution in [0.3, 0.4) is 0 Å². The van der Waals surface area contributed by atoms with Gasteiger partial charge in [0.15, 0.2) is 10.9 Å². The summed E-state index contributed by atoms with van der Waals surface area (Å²) in [5.41, 5.74) is 2.60. The Kier molecular flexibility index (Phi) is 5.58. The number of carbonyl (C=O) groups excluding carboxylic acids is 1. The lowest BCUT2D eigenvalue weighted by molar-refractivity contribution is 0.0997. The van der Waals surface area contributed by atoms with Crippen molar-refractivity contribution in [2.45, 2.75) is 0 Å². The first-order chi connectivity index (χ1) is 15.1. The highest BCUT2D eigenvalue weighted by atomic mass is 35.5. The Morgan fingerprint density at radius 3 is 2.77 bits per heavy atom. The van der Waals surface area contributed by atoms with Crippen molar-refractivity contribution in [3.05, 3.63) is 64.3 Å². The molecule has 1 aliphatic rings. The summed E-state index contributed by atoms with van der Waals surface area (Å²) in [6, 6.07) is 14.7. The SMILES string of the molecule is O=C(Nc1nc2ccc(N3CCOCC3)cc2s1)c1ccc(-c2cccc(Cl)c2Cl)o1. The van der Waals surface area contributed by atoms with Gasteiger partial charge in [0.1, 0.15) is 5.76 Å².